The molecule has 6 nitrogen and oxygen atoms in total. The van der Waals surface area contributed by atoms with Gasteiger partial charge in [0.25, 0.3) is 0 Å². The highest BCUT2D eigenvalue weighted by molar-refractivity contribution is 7.71. The quantitative estimate of drug-likeness (QED) is 0.393. The fourth-order valence-corrected chi connectivity index (χ4v) is 3.83. The number of nitrogens with one attached hydrogen (secondary N) is 2. The van der Waals surface area contributed by atoms with Crippen LogP contribution in [0.25, 0.3) is 11.4 Å². The second-order valence-electron chi connectivity index (χ2n) is 7.26. The van der Waals surface area contributed by atoms with Crippen molar-refractivity contribution < 1.29 is 0 Å². The van der Waals surface area contributed by atoms with Crippen molar-refractivity contribution in [2.24, 2.45) is 0 Å². The van der Waals surface area contributed by atoms with E-state index in [2.05, 4.69) is 72.4 Å². The van der Waals surface area contributed by atoms with Crippen LogP contribution < -0.4 is 0 Å². The maximum Gasteiger partial charge on any atom is 0.199 e. The van der Waals surface area contributed by atoms with Crippen LogP contribution >= 0.6 is 24.4 Å². The highest BCUT2D eigenvalue weighted by Crippen LogP contribution is 2.19. The third kappa shape index (κ3) is 4.20. The van der Waals surface area contributed by atoms with Gasteiger partial charge in [-0.25, -0.2) is 0 Å². The molecule has 0 bridgehead atoms. The Morgan fingerprint density at radius 3 is 1.30 bits per heavy atom. The second-order valence-corrected chi connectivity index (χ2v) is 8.03. The fourth-order valence-electron chi connectivity index (χ4n) is 3.27. The van der Waals surface area contributed by atoms with Gasteiger partial charge < -0.3 is 0 Å². The number of H-pyrrole nitrogens is 2. The van der Waals surface area contributed by atoms with Crippen LogP contribution in [0.5, 0.6) is 0 Å². The maximum absolute atomic E-state index is 5.20. The van der Waals surface area contributed by atoms with Crippen molar-refractivity contribution in [2.45, 2.75) is 41.5 Å². The molecule has 0 atom stereocenters. The van der Waals surface area contributed by atoms with E-state index in [0.29, 0.717) is 9.54 Å². The van der Waals surface area contributed by atoms with E-state index in [1.807, 2.05) is 35.1 Å². The summed E-state index contributed by atoms with van der Waals surface area (Å²) in [5, 5.41) is 13.8. The van der Waals surface area contributed by atoms with Crippen LogP contribution in [0.15, 0.2) is 36.4 Å². The topological polar surface area (TPSA) is 67.2 Å². The summed E-state index contributed by atoms with van der Waals surface area (Å²) < 4.78 is 5.19. The maximum atomic E-state index is 5.20. The van der Waals surface area contributed by atoms with E-state index in [0.717, 1.165) is 23.0 Å². The van der Waals surface area contributed by atoms with E-state index in [1.165, 1.54) is 22.3 Å². The molecule has 0 fully saturated rings. The standard InChI is InChI=1S/2C11H13N3S/c2*1-7-5-4-6-10(8(7)2)14-9(3)12-13-11(14)15/h2*4-6H,1-3H3,(H,13,15). The first-order valence-corrected chi connectivity index (χ1v) is 10.4. The lowest BCUT2D eigenvalue weighted by atomic mass is 10.1. The molecule has 0 saturated carbocycles. The molecule has 0 radical (unpaired) electrons. The first-order valence-electron chi connectivity index (χ1n) is 9.63. The molecule has 2 aromatic carbocycles. The van der Waals surface area contributed by atoms with Crippen LogP contribution in [0.2, 0.25) is 0 Å². The molecular formula is C22H26N6S2. The number of rotatable bonds is 2. The molecular weight excluding hydrogens is 412 g/mol. The number of hydrogen-bond acceptors (Lipinski definition) is 4. The summed E-state index contributed by atoms with van der Waals surface area (Å²) in [6.07, 6.45) is 0. The Balaban J connectivity index is 0.000000171. The largest absolute Gasteiger partial charge is 0.272 e. The number of aromatic amines is 2. The zero-order valence-electron chi connectivity index (χ0n) is 18.1. The van der Waals surface area contributed by atoms with E-state index >= 15 is 0 Å². The summed E-state index contributed by atoms with van der Waals surface area (Å²) in [7, 11) is 0. The van der Waals surface area contributed by atoms with Gasteiger partial charge in [0.2, 0.25) is 0 Å². The van der Waals surface area contributed by atoms with Crippen LogP contribution in [0, 0.1) is 51.1 Å². The highest BCUT2D eigenvalue weighted by atomic mass is 32.1. The molecule has 0 aliphatic heterocycles. The number of hydrogen-bond donors (Lipinski definition) is 2. The molecule has 4 rings (SSSR count). The minimum Gasteiger partial charge on any atom is -0.272 e. The highest BCUT2D eigenvalue weighted by Gasteiger charge is 2.08. The number of benzene rings is 2. The van der Waals surface area contributed by atoms with E-state index < -0.39 is 0 Å². The van der Waals surface area contributed by atoms with Crippen LogP contribution in [0.1, 0.15) is 33.9 Å². The van der Waals surface area contributed by atoms with Gasteiger partial charge in [-0.15, -0.1) is 0 Å². The van der Waals surface area contributed by atoms with Crippen molar-refractivity contribution in [1.29, 1.82) is 0 Å². The van der Waals surface area contributed by atoms with E-state index in [-0.39, 0.29) is 0 Å². The van der Waals surface area contributed by atoms with Crippen molar-refractivity contribution in [3.8, 4) is 11.4 Å². The van der Waals surface area contributed by atoms with Gasteiger partial charge in [-0.1, -0.05) is 24.3 Å². The summed E-state index contributed by atoms with van der Waals surface area (Å²) in [4.78, 5) is 0. The number of aryl methyl sites for hydroxylation is 4. The smallest absolute Gasteiger partial charge is 0.199 e. The van der Waals surface area contributed by atoms with Crippen molar-refractivity contribution >= 4 is 24.4 Å². The van der Waals surface area contributed by atoms with Gasteiger partial charge in [0.15, 0.2) is 9.54 Å². The van der Waals surface area contributed by atoms with E-state index in [9.17, 15) is 0 Å². The number of nitrogens with zero attached hydrogens (tertiary/aromatic N) is 4. The lowest BCUT2D eigenvalue weighted by molar-refractivity contribution is 0.950. The lowest BCUT2D eigenvalue weighted by Gasteiger charge is -2.09. The van der Waals surface area contributed by atoms with Crippen LogP contribution in [0.3, 0.4) is 0 Å². The van der Waals surface area contributed by atoms with Crippen LogP contribution in [0.4, 0.5) is 0 Å². The van der Waals surface area contributed by atoms with Crippen molar-refractivity contribution in [3.63, 3.8) is 0 Å². The first kappa shape index (κ1) is 21.9. The van der Waals surface area contributed by atoms with Gasteiger partial charge in [-0.3, -0.25) is 19.3 Å². The SMILES string of the molecule is Cc1cccc(-n2c(C)n[nH]c2=S)c1C.Cc1cccc(-n2c(C)n[nH]c2=S)c1C. The van der Waals surface area contributed by atoms with E-state index in [1.54, 1.807) is 0 Å². The Hall–Kier alpha value is -2.84. The molecule has 30 heavy (non-hydrogen) atoms. The van der Waals surface area contributed by atoms with Crippen LogP contribution in [-0.2, 0) is 0 Å². The Morgan fingerprint density at radius 1 is 0.633 bits per heavy atom. The minimum absolute atomic E-state index is 0.640. The second kappa shape index (κ2) is 8.89. The number of aromatic nitrogens is 6. The van der Waals surface area contributed by atoms with Crippen molar-refractivity contribution in [2.75, 3.05) is 0 Å². The van der Waals surface area contributed by atoms with Gasteiger partial charge in [-0.05, 0) is 100 Å². The summed E-state index contributed by atoms with van der Waals surface area (Å²) in [5.41, 5.74) is 7.19. The summed E-state index contributed by atoms with van der Waals surface area (Å²) in [5.74, 6) is 1.77. The average Bonchev–Trinajstić information content (AvgIpc) is 3.22. The lowest BCUT2D eigenvalue weighted by Crippen LogP contribution is -2.00. The molecule has 2 N–H and O–H groups in total. The van der Waals surface area contributed by atoms with Gasteiger partial charge in [0.1, 0.15) is 11.6 Å². The van der Waals surface area contributed by atoms with Gasteiger partial charge in [-0.2, -0.15) is 10.2 Å². The minimum atomic E-state index is 0.640. The normalized spacial score (nSPS) is 10.6. The van der Waals surface area contributed by atoms with Gasteiger partial charge >= 0.3 is 0 Å². The summed E-state index contributed by atoms with van der Waals surface area (Å²) >= 11 is 10.4. The van der Waals surface area contributed by atoms with Gasteiger partial charge in [0, 0.05) is 0 Å². The van der Waals surface area contributed by atoms with Crippen LogP contribution in [-0.4, -0.2) is 29.5 Å². The molecule has 0 aliphatic carbocycles. The average molecular weight is 439 g/mol. The third-order valence-electron chi connectivity index (χ3n) is 5.31. The molecule has 4 aromatic rings. The van der Waals surface area contributed by atoms with Gasteiger partial charge in [0.05, 0.1) is 11.4 Å². The van der Waals surface area contributed by atoms with Crippen molar-refractivity contribution in [3.05, 3.63) is 79.8 Å². The summed E-state index contributed by atoms with van der Waals surface area (Å²) in [6.45, 7) is 12.3. The molecule has 0 saturated heterocycles. The Kier molecular flexibility index (Phi) is 6.48. The molecule has 2 heterocycles. The predicted octanol–water partition coefficient (Wildman–Crippen LogP) is 5.71. The molecule has 0 unspecified atom stereocenters. The molecule has 2 aromatic heterocycles. The van der Waals surface area contributed by atoms with E-state index in [4.69, 9.17) is 24.4 Å². The first-order chi connectivity index (χ1) is 14.2. The molecule has 0 spiro atoms. The molecule has 0 aliphatic rings. The molecule has 0 amide bonds. The Bertz CT molecular complexity index is 1200. The third-order valence-corrected chi connectivity index (χ3v) is 5.86. The summed E-state index contributed by atoms with van der Waals surface area (Å²) in [6, 6.07) is 12.4. The predicted molar refractivity (Wildman–Crippen MR) is 126 cm³/mol. The Labute approximate surface area is 186 Å². The zero-order valence-corrected chi connectivity index (χ0v) is 19.7. The Morgan fingerprint density at radius 2 is 1.00 bits per heavy atom. The molecule has 156 valence electrons. The monoisotopic (exact) mass is 438 g/mol. The van der Waals surface area contributed by atoms with Crippen molar-refractivity contribution in [1.82, 2.24) is 29.5 Å². The zero-order chi connectivity index (χ0) is 22.0. The fraction of sp³-hybridized carbons (Fsp3) is 0.273. The molecule has 8 heteroatoms.